The Hall–Kier alpha value is -3.42. The summed E-state index contributed by atoms with van der Waals surface area (Å²) in [6, 6.07) is 11.7. The van der Waals surface area contributed by atoms with Gasteiger partial charge in [0.1, 0.15) is 12.1 Å². The average Bonchev–Trinajstić information content (AvgIpc) is 3.55. The molecule has 3 aromatic rings. The molecule has 1 aromatic carbocycles. The number of anilines is 1. The summed E-state index contributed by atoms with van der Waals surface area (Å²) < 4.78 is 1.91. The van der Waals surface area contributed by atoms with Crippen molar-refractivity contribution in [2.45, 2.75) is 56.9 Å². The van der Waals surface area contributed by atoms with Crippen molar-refractivity contribution in [3.63, 3.8) is 0 Å². The van der Waals surface area contributed by atoms with Gasteiger partial charge < -0.3 is 4.90 Å². The van der Waals surface area contributed by atoms with Crippen LogP contribution in [0, 0.1) is 34.5 Å². The molecule has 2 saturated heterocycles. The number of nitriles is 1. The quantitative estimate of drug-likeness (QED) is 0.528. The molecule has 2 aliphatic heterocycles. The van der Waals surface area contributed by atoms with Gasteiger partial charge in [0, 0.05) is 49.6 Å². The molecule has 0 atom stereocenters. The van der Waals surface area contributed by atoms with E-state index in [1.54, 1.807) is 6.33 Å². The van der Waals surface area contributed by atoms with Crippen molar-refractivity contribution in [2.75, 3.05) is 31.1 Å². The third-order valence-corrected chi connectivity index (χ3v) is 9.07. The Balaban J connectivity index is 1.10. The Morgan fingerprint density at radius 3 is 2.53 bits per heavy atom. The SMILES string of the molecule is CC#CC1CN(C2CCN(c3cc(-n4ncc5ccc(C6(C#N)CC7(CC7)C6)cc54)ncn3)CC2)C1. The molecule has 0 N–H and O–H groups in total. The van der Waals surface area contributed by atoms with Crippen molar-refractivity contribution in [3.8, 4) is 23.7 Å². The van der Waals surface area contributed by atoms with Crippen LogP contribution in [0.15, 0.2) is 36.8 Å². The highest BCUT2D eigenvalue weighted by molar-refractivity contribution is 5.81. The molecule has 7 nitrogen and oxygen atoms in total. The molecule has 0 amide bonds. The summed E-state index contributed by atoms with van der Waals surface area (Å²) in [6.45, 7) is 6.16. The first-order valence-corrected chi connectivity index (χ1v) is 13.2. The van der Waals surface area contributed by atoms with E-state index in [0.29, 0.717) is 17.4 Å². The van der Waals surface area contributed by atoms with Crippen molar-refractivity contribution in [1.29, 1.82) is 5.26 Å². The van der Waals surface area contributed by atoms with Crippen LogP contribution in [0.5, 0.6) is 0 Å². The van der Waals surface area contributed by atoms with Gasteiger partial charge in [0.2, 0.25) is 0 Å². The van der Waals surface area contributed by atoms with Gasteiger partial charge in [0.05, 0.1) is 23.2 Å². The molecular weight excluding hydrogens is 446 g/mol. The monoisotopic (exact) mass is 477 g/mol. The highest BCUT2D eigenvalue weighted by Crippen LogP contribution is 2.68. The Morgan fingerprint density at radius 1 is 1.03 bits per heavy atom. The molecule has 0 bridgehead atoms. The van der Waals surface area contributed by atoms with E-state index in [4.69, 9.17) is 0 Å². The molecule has 2 saturated carbocycles. The second-order valence-corrected chi connectivity index (χ2v) is 11.4. The topological polar surface area (TPSA) is 73.9 Å². The molecule has 4 fully saturated rings. The molecule has 0 unspecified atom stereocenters. The Kier molecular flexibility index (Phi) is 4.88. The lowest BCUT2D eigenvalue weighted by Crippen LogP contribution is -2.55. The van der Waals surface area contributed by atoms with E-state index in [9.17, 15) is 5.26 Å². The Morgan fingerprint density at radius 2 is 1.81 bits per heavy atom. The minimum Gasteiger partial charge on any atom is -0.356 e. The molecule has 0 radical (unpaired) electrons. The lowest BCUT2D eigenvalue weighted by Gasteiger charge is -2.45. The fourth-order valence-electron chi connectivity index (χ4n) is 6.80. The van der Waals surface area contributed by atoms with E-state index in [1.807, 2.05) is 17.8 Å². The van der Waals surface area contributed by atoms with Crippen molar-refractivity contribution in [3.05, 3.63) is 42.4 Å². The zero-order valence-corrected chi connectivity index (χ0v) is 20.8. The predicted molar refractivity (Wildman–Crippen MR) is 139 cm³/mol. The van der Waals surface area contributed by atoms with E-state index in [1.165, 1.54) is 12.8 Å². The Labute approximate surface area is 212 Å². The van der Waals surface area contributed by atoms with Crippen LogP contribution in [-0.2, 0) is 5.41 Å². The summed E-state index contributed by atoms with van der Waals surface area (Å²) in [5, 5.41) is 15.8. The minimum atomic E-state index is -0.347. The molecule has 4 heterocycles. The maximum Gasteiger partial charge on any atom is 0.159 e. The zero-order chi connectivity index (χ0) is 24.3. The molecule has 2 aliphatic carbocycles. The smallest absolute Gasteiger partial charge is 0.159 e. The maximum atomic E-state index is 10.0. The number of aromatic nitrogens is 4. The number of benzene rings is 1. The number of nitrogens with zero attached hydrogens (tertiary/aromatic N) is 7. The first-order chi connectivity index (χ1) is 17.6. The lowest BCUT2D eigenvalue weighted by molar-refractivity contribution is 0.0673. The third kappa shape index (κ3) is 3.49. The van der Waals surface area contributed by atoms with E-state index in [0.717, 1.165) is 80.0 Å². The van der Waals surface area contributed by atoms with Crippen LogP contribution in [0.2, 0.25) is 0 Å². The zero-order valence-electron chi connectivity index (χ0n) is 20.8. The van der Waals surface area contributed by atoms with Gasteiger partial charge in [-0.25, -0.2) is 14.6 Å². The van der Waals surface area contributed by atoms with Gasteiger partial charge >= 0.3 is 0 Å². The number of fused-ring (bicyclic) bond motifs is 1. The second kappa shape index (κ2) is 8.05. The molecule has 2 aromatic heterocycles. The van der Waals surface area contributed by atoms with Gasteiger partial charge in [-0.15, -0.1) is 5.92 Å². The number of likely N-dealkylation sites (tertiary alicyclic amines) is 1. The lowest BCUT2D eigenvalue weighted by atomic mass is 9.57. The van der Waals surface area contributed by atoms with Crippen molar-refractivity contribution in [1.82, 2.24) is 24.6 Å². The summed E-state index contributed by atoms with van der Waals surface area (Å²) >= 11 is 0. The van der Waals surface area contributed by atoms with Gasteiger partial charge in [-0.05, 0) is 62.5 Å². The summed E-state index contributed by atoms with van der Waals surface area (Å²) in [5.41, 5.74) is 2.23. The molecule has 7 heteroatoms. The highest BCUT2D eigenvalue weighted by Gasteiger charge is 2.61. The van der Waals surface area contributed by atoms with Crippen LogP contribution < -0.4 is 4.90 Å². The van der Waals surface area contributed by atoms with E-state index in [-0.39, 0.29) is 5.41 Å². The summed E-state index contributed by atoms with van der Waals surface area (Å²) in [7, 11) is 0. The summed E-state index contributed by atoms with van der Waals surface area (Å²) in [6.07, 6.45) is 10.4. The van der Waals surface area contributed by atoms with E-state index < -0.39 is 0 Å². The van der Waals surface area contributed by atoms with E-state index in [2.05, 4.69) is 67.0 Å². The van der Waals surface area contributed by atoms with Crippen LogP contribution in [-0.4, -0.2) is 56.9 Å². The standard InChI is InChI=1S/C29H31N7/c1-2-3-21-15-35(16-21)24-6-10-34(11-7-24)26-13-27(32-20-31-26)36-25-12-23(5-4-22(25)14-33-36)29(19-30)17-28(18-29)8-9-28/h4-5,12-14,20-21,24H,6-11,15-18H2,1H3. The average molecular weight is 478 g/mol. The van der Waals surface area contributed by atoms with Gasteiger partial charge in [-0.1, -0.05) is 18.1 Å². The van der Waals surface area contributed by atoms with Crippen LogP contribution in [0.1, 0.15) is 51.0 Å². The molecular formula is C29H31N7. The minimum absolute atomic E-state index is 0.347. The number of hydrogen-bond donors (Lipinski definition) is 0. The fourth-order valence-corrected chi connectivity index (χ4v) is 6.80. The van der Waals surface area contributed by atoms with E-state index >= 15 is 0 Å². The van der Waals surface area contributed by atoms with Crippen molar-refractivity contribution >= 4 is 16.7 Å². The largest absolute Gasteiger partial charge is 0.356 e. The van der Waals surface area contributed by atoms with Crippen LogP contribution in [0.25, 0.3) is 16.7 Å². The first kappa shape index (κ1) is 21.8. The maximum absolute atomic E-state index is 10.0. The van der Waals surface area contributed by atoms with Gasteiger partial charge in [0.15, 0.2) is 5.82 Å². The van der Waals surface area contributed by atoms with Gasteiger partial charge in [-0.2, -0.15) is 10.4 Å². The first-order valence-electron chi connectivity index (χ1n) is 13.2. The Bertz CT molecular complexity index is 1410. The van der Waals surface area contributed by atoms with Crippen LogP contribution >= 0.6 is 0 Å². The molecule has 7 rings (SSSR count). The number of piperidine rings is 1. The molecule has 1 spiro atoms. The number of rotatable bonds is 4. The fraction of sp³-hybridized carbons (Fsp3) is 0.517. The number of hydrogen-bond acceptors (Lipinski definition) is 6. The predicted octanol–water partition coefficient (Wildman–Crippen LogP) is 4.07. The summed E-state index contributed by atoms with van der Waals surface area (Å²) in [4.78, 5) is 14.1. The second-order valence-electron chi connectivity index (χ2n) is 11.4. The molecule has 4 aliphatic rings. The van der Waals surface area contributed by atoms with Gasteiger partial charge in [0.25, 0.3) is 0 Å². The van der Waals surface area contributed by atoms with Crippen LogP contribution in [0.4, 0.5) is 5.82 Å². The van der Waals surface area contributed by atoms with Crippen LogP contribution in [0.3, 0.4) is 0 Å². The van der Waals surface area contributed by atoms with Crippen molar-refractivity contribution < 1.29 is 0 Å². The highest BCUT2D eigenvalue weighted by atomic mass is 15.3. The van der Waals surface area contributed by atoms with Gasteiger partial charge in [-0.3, -0.25) is 4.90 Å². The summed E-state index contributed by atoms with van der Waals surface area (Å²) in [5.74, 6) is 8.65. The van der Waals surface area contributed by atoms with Crippen molar-refractivity contribution in [2.24, 2.45) is 11.3 Å². The molecule has 36 heavy (non-hydrogen) atoms. The molecule has 182 valence electrons. The normalized spacial score (nSPS) is 22.9. The third-order valence-electron chi connectivity index (χ3n) is 9.07.